The lowest BCUT2D eigenvalue weighted by Crippen LogP contribution is -2.17. The monoisotopic (exact) mass is 213 g/mol. The summed E-state index contributed by atoms with van der Waals surface area (Å²) in [5, 5.41) is 19.5. The van der Waals surface area contributed by atoms with Gasteiger partial charge in [0.05, 0.1) is 31.6 Å². The topological polar surface area (TPSA) is 71.8 Å². The van der Waals surface area contributed by atoms with Gasteiger partial charge in [-0.05, 0) is 13.8 Å². The maximum atomic E-state index is 9.88. The van der Waals surface area contributed by atoms with Crippen molar-refractivity contribution in [2.75, 3.05) is 14.2 Å². The molecule has 0 radical (unpaired) electrons. The van der Waals surface area contributed by atoms with Crippen LogP contribution in [0.25, 0.3) is 0 Å². The molecule has 84 valence electrons. The van der Waals surface area contributed by atoms with Gasteiger partial charge in [0.2, 0.25) is 0 Å². The fourth-order valence-electron chi connectivity index (χ4n) is 1.39. The van der Waals surface area contributed by atoms with Gasteiger partial charge in [-0.15, -0.1) is 0 Å². The summed E-state index contributed by atoms with van der Waals surface area (Å²) in [5.74, 6) is 0.345. The van der Waals surface area contributed by atoms with E-state index in [0.717, 1.165) is 0 Å². The lowest BCUT2D eigenvalue weighted by Gasteiger charge is -2.22. The first-order chi connectivity index (χ1) is 6.91. The number of aromatic hydroxyl groups is 1. The fourth-order valence-corrected chi connectivity index (χ4v) is 1.39. The number of ether oxygens (including phenoxy) is 2. The Labute approximate surface area is 88.3 Å². The molecular formula is C10H15NO4. The van der Waals surface area contributed by atoms with Crippen LogP contribution in [-0.2, 0) is 5.60 Å². The fraction of sp³-hybridized carbons (Fsp3) is 0.500. The quantitative estimate of drug-likeness (QED) is 0.784. The van der Waals surface area contributed by atoms with Crippen LogP contribution in [0, 0.1) is 0 Å². The Morgan fingerprint density at radius 1 is 1.27 bits per heavy atom. The first-order valence-corrected chi connectivity index (χ1v) is 4.44. The molecule has 0 amide bonds. The minimum atomic E-state index is -1.23. The predicted molar refractivity (Wildman–Crippen MR) is 54.3 cm³/mol. The number of nitrogens with zero attached hydrogens (tertiary/aromatic N) is 1. The highest BCUT2D eigenvalue weighted by Gasteiger charge is 2.28. The number of aromatic nitrogens is 1. The summed E-state index contributed by atoms with van der Waals surface area (Å²) in [6.45, 7) is 3.09. The molecule has 1 rings (SSSR count). The SMILES string of the molecule is COc1ncc(O)c(C(C)(C)O)c1OC. The van der Waals surface area contributed by atoms with E-state index in [1.165, 1.54) is 20.4 Å². The first kappa shape index (κ1) is 11.6. The van der Waals surface area contributed by atoms with Crippen molar-refractivity contribution in [1.29, 1.82) is 0 Å². The lowest BCUT2D eigenvalue weighted by molar-refractivity contribution is 0.0719. The van der Waals surface area contributed by atoms with E-state index in [0.29, 0.717) is 0 Å². The number of aliphatic hydroxyl groups is 1. The Bertz CT molecular complexity index is 357. The van der Waals surface area contributed by atoms with E-state index in [2.05, 4.69) is 4.98 Å². The molecular weight excluding hydrogens is 198 g/mol. The molecule has 1 aromatic heterocycles. The smallest absolute Gasteiger partial charge is 0.257 e. The molecule has 0 aromatic carbocycles. The van der Waals surface area contributed by atoms with Crippen molar-refractivity contribution in [1.82, 2.24) is 4.98 Å². The molecule has 0 spiro atoms. The van der Waals surface area contributed by atoms with E-state index >= 15 is 0 Å². The second-order valence-corrected chi connectivity index (χ2v) is 3.62. The van der Waals surface area contributed by atoms with Gasteiger partial charge in [0.15, 0.2) is 5.75 Å². The van der Waals surface area contributed by atoms with Gasteiger partial charge in [-0.1, -0.05) is 0 Å². The van der Waals surface area contributed by atoms with Crippen LogP contribution in [-0.4, -0.2) is 29.4 Å². The van der Waals surface area contributed by atoms with Crippen LogP contribution >= 0.6 is 0 Å². The van der Waals surface area contributed by atoms with E-state index in [9.17, 15) is 10.2 Å². The van der Waals surface area contributed by atoms with E-state index < -0.39 is 5.60 Å². The van der Waals surface area contributed by atoms with Crippen LogP contribution < -0.4 is 9.47 Å². The Balaban J connectivity index is 3.46. The van der Waals surface area contributed by atoms with Gasteiger partial charge in [0.1, 0.15) is 5.75 Å². The average molecular weight is 213 g/mol. The van der Waals surface area contributed by atoms with Crippen LogP contribution in [0.3, 0.4) is 0 Å². The van der Waals surface area contributed by atoms with Gasteiger partial charge >= 0.3 is 0 Å². The highest BCUT2D eigenvalue weighted by Crippen LogP contribution is 2.41. The van der Waals surface area contributed by atoms with Crippen molar-refractivity contribution in [3.8, 4) is 17.4 Å². The molecule has 15 heavy (non-hydrogen) atoms. The van der Waals surface area contributed by atoms with E-state index in [1.54, 1.807) is 13.8 Å². The summed E-state index contributed by atoms with van der Waals surface area (Å²) in [7, 11) is 2.87. The van der Waals surface area contributed by atoms with Crippen molar-refractivity contribution in [3.05, 3.63) is 11.8 Å². The molecule has 0 saturated carbocycles. The summed E-state index contributed by atoms with van der Waals surface area (Å²) in [6, 6.07) is 0. The molecule has 0 aliphatic carbocycles. The van der Waals surface area contributed by atoms with Crippen LogP contribution in [0.15, 0.2) is 6.20 Å². The third-order valence-electron chi connectivity index (χ3n) is 1.99. The molecule has 0 aliphatic rings. The van der Waals surface area contributed by atoms with Crippen molar-refractivity contribution >= 4 is 0 Å². The Kier molecular flexibility index (Phi) is 3.04. The highest BCUT2D eigenvalue weighted by atomic mass is 16.5. The largest absolute Gasteiger partial charge is 0.506 e. The number of hydrogen-bond acceptors (Lipinski definition) is 5. The van der Waals surface area contributed by atoms with Crippen molar-refractivity contribution in [2.45, 2.75) is 19.4 Å². The summed E-state index contributed by atoms with van der Waals surface area (Å²) in [4.78, 5) is 3.83. The number of pyridine rings is 1. The van der Waals surface area contributed by atoms with Crippen LogP contribution in [0.4, 0.5) is 0 Å². The van der Waals surface area contributed by atoms with E-state index in [-0.39, 0.29) is 22.9 Å². The normalized spacial score (nSPS) is 11.3. The first-order valence-electron chi connectivity index (χ1n) is 4.44. The number of methoxy groups -OCH3 is 2. The minimum absolute atomic E-state index is 0.125. The van der Waals surface area contributed by atoms with Gasteiger partial charge in [-0.2, -0.15) is 0 Å². The highest BCUT2D eigenvalue weighted by molar-refractivity contribution is 5.51. The Morgan fingerprint density at radius 2 is 1.87 bits per heavy atom. The zero-order valence-corrected chi connectivity index (χ0v) is 9.24. The van der Waals surface area contributed by atoms with Crippen molar-refractivity contribution < 1.29 is 19.7 Å². The molecule has 0 fully saturated rings. The molecule has 1 heterocycles. The maximum absolute atomic E-state index is 9.88. The Morgan fingerprint density at radius 3 is 2.27 bits per heavy atom. The second-order valence-electron chi connectivity index (χ2n) is 3.62. The van der Waals surface area contributed by atoms with Crippen LogP contribution in [0.1, 0.15) is 19.4 Å². The standard InChI is InChI=1S/C10H15NO4/c1-10(2,13)7-6(12)5-11-9(15-4)8(7)14-3/h5,12-13H,1-4H3. The molecule has 2 N–H and O–H groups in total. The molecule has 5 nitrogen and oxygen atoms in total. The average Bonchev–Trinajstić information content (AvgIpc) is 2.15. The van der Waals surface area contributed by atoms with Crippen LogP contribution in [0.2, 0.25) is 0 Å². The summed E-state index contributed by atoms with van der Waals surface area (Å²) in [5.41, 5.74) is -0.970. The van der Waals surface area contributed by atoms with Crippen molar-refractivity contribution in [2.24, 2.45) is 0 Å². The second kappa shape index (κ2) is 3.94. The van der Waals surface area contributed by atoms with Gasteiger partial charge in [-0.25, -0.2) is 4.98 Å². The molecule has 0 atom stereocenters. The molecule has 5 heteroatoms. The van der Waals surface area contributed by atoms with Crippen molar-refractivity contribution in [3.63, 3.8) is 0 Å². The van der Waals surface area contributed by atoms with Gasteiger partial charge < -0.3 is 19.7 Å². The summed E-state index contributed by atoms with van der Waals surface area (Å²) < 4.78 is 10.0. The molecule has 0 bridgehead atoms. The van der Waals surface area contributed by atoms with Gasteiger partial charge in [0.25, 0.3) is 5.88 Å². The molecule has 0 aliphatic heterocycles. The Hall–Kier alpha value is -1.49. The predicted octanol–water partition coefficient (Wildman–Crippen LogP) is 1.03. The summed E-state index contributed by atoms with van der Waals surface area (Å²) >= 11 is 0. The zero-order chi connectivity index (χ0) is 11.6. The van der Waals surface area contributed by atoms with Crippen LogP contribution in [0.5, 0.6) is 17.4 Å². The van der Waals surface area contributed by atoms with Gasteiger partial charge in [-0.3, -0.25) is 0 Å². The zero-order valence-electron chi connectivity index (χ0n) is 9.24. The maximum Gasteiger partial charge on any atom is 0.257 e. The lowest BCUT2D eigenvalue weighted by atomic mass is 9.97. The van der Waals surface area contributed by atoms with E-state index in [4.69, 9.17) is 9.47 Å². The van der Waals surface area contributed by atoms with Gasteiger partial charge in [0, 0.05) is 0 Å². The molecule has 1 aromatic rings. The van der Waals surface area contributed by atoms with E-state index in [1.807, 2.05) is 0 Å². The molecule has 0 unspecified atom stereocenters. The molecule has 0 saturated heterocycles. The third-order valence-corrected chi connectivity index (χ3v) is 1.99. The number of hydrogen-bond donors (Lipinski definition) is 2. The summed E-state index contributed by atoms with van der Waals surface area (Å²) in [6.07, 6.45) is 1.22. The minimum Gasteiger partial charge on any atom is -0.506 e. The third kappa shape index (κ3) is 2.12. The number of rotatable bonds is 3.